The molecule has 0 fully saturated rings. The fourth-order valence-electron chi connectivity index (χ4n) is 0. The van der Waals surface area contributed by atoms with Gasteiger partial charge in [0.15, 0.2) is 0 Å². The zero-order valence-electron chi connectivity index (χ0n) is 7.86. The zero-order chi connectivity index (χ0) is 12.9. The van der Waals surface area contributed by atoms with Crippen LogP contribution in [0.5, 0.6) is 0 Å². The van der Waals surface area contributed by atoms with Crippen molar-refractivity contribution in [2.24, 2.45) is 0 Å². The van der Waals surface area contributed by atoms with Crippen LogP contribution in [0, 0.1) is 0 Å². The summed E-state index contributed by atoms with van der Waals surface area (Å²) < 4.78 is 0. The number of rotatable bonds is 3. The molecule has 0 aliphatic rings. The molecule has 0 saturated heterocycles. The number of aliphatic hydroxyl groups excluding tert-OH is 3. The summed E-state index contributed by atoms with van der Waals surface area (Å²) in [6, 6.07) is 0. The molecule has 9 nitrogen and oxygen atoms in total. The van der Waals surface area contributed by atoms with Crippen molar-refractivity contribution < 1.29 is 45.0 Å². The Bertz CT molecular complexity index is 159. The molecule has 0 heterocycles. The molecular weight excluding hydrogens is 338 g/mol. The molecule has 0 aliphatic heterocycles. The van der Waals surface area contributed by atoms with Gasteiger partial charge in [-0.2, -0.15) is 0 Å². The predicted octanol–water partition coefficient (Wildman–Crippen LogP) is -7.19. The van der Waals surface area contributed by atoms with Crippen molar-refractivity contribution >= 4 is 42.3 Å². The van der Waals surface area contributed by atoms with Gasteiger partial charge in [-0.05, 0) is 0 Å². The first kappa shape index (κ1) is 24.4. The molecular formula is C6H9O9Sb. The van der Waals surface area contributed by atoms with Gasteiger partial charge in [0.25, 0.3) is 0 Å². The van der Waals surface area contributed by atoms with Crippen molar-refractivity contribution in [1.29, 1.82) is 0 Å². The molecule has 16 heavy (non-hydrogen) atoms. The van der Waals surface area contributed by atoms with Crippen molar-refractivity contribution in [3.8, 4) is 0 Å². The molecule has 0 bridgehead atoms. The van der Waals surface area contributed by atoms with E-state index in [9.17, 15) is 0 Å². The topological polar surface area (TPSA) is 181 Å². The van der Waals surface area contributed by atoms with Crippen molar-refractivity contribution in [2.75, 3.05) is 19.8 Å². The number of hydrogen-bond acceptors (Lipinski definition) is 9. The Balaban J connectivity index is -0.0000000655. The molecule has 2 radical (unpaired) electrons. The molecule has 0 atom stereocenters. The van der Waals surface area contributed by atoms with E-state index >= 15 is 0 Å². The van der Waals surface area contributed by atoms with Crippen LogP contribution >= 0.6 is 0 Å². The summed E-state index contributed by atoms with van der Waals surface area (Å²) in [6.45, 7) is -2.67. The van der Waals surface area contributed by atoms with Crippen LogP contribution in [0.4, 0.5) is 0 Å². The van der Waals surface area contributed by atoms with Gasteiger partial charge in [0.05, 0.1) is 37.7 Å². The molecule has 0 aromatic rings. The molecule has 92 valence electrons. The Morgan fingerprint density at radius 3 is 0.750 bits per heavy atom. The number of hydrogen-bond donors (Lipinski definition) is 3. The number of aliphatic carboxylic acids is 3. The maximum absolute atomic E-state index is 9.01. The van der Waals surface area contributed by atoms with Crippen molar-refractivity contribution in [3.63, 3.8) is 0 Å². The van der Waals surface area contributed by atoms with Gasteiger partial charge in [0, 0.05) is 0 Å². The van der Waals surface area contributed by atoms with E-state index in [0.29, 0.717) is 0 Å². The van der Waals surface area contributed by atoms with E-state index in [-0.39, 0.29) is 24.4 Å². The molecule has 0 rings (SSSR count). The van der Waals surface area contributed by atoms with Crippen molar-refractivity contribution in [2.45, 2.75) is 0 Å². The summed E-state index contributed by atoms with van der Waals surface area (Å²) in [5, 5.41) is 49.5. The van der Waals surface area contributed by atoms with Crippen molar-refractivity contribution in [1.82, 2.24) is 0 Å². The van der Waals surface area contributed by atoms with E-state index in [4.69, 9.17) is 45.0 Å². The number of aliphatic hydroxyl groups is 3. The molecule has 0 aromatic heterocycles. The first-order valence-electron chi connectivity index (χ1n) is 3.23. The standard InChI is InChI=1S/3C2H4O3.Sb/c3*3-1-2(4)5;/h3*3H,1H2,(H,4,5);/q;;;+3/p-3. The molecule has 0 spiro atoms. The fourth-order valence-corrected chi connectivity index (χ4v) is 0. The molecule has 0 amide bonds. The number of carbonyl (C=O) groups excluding carboxylic acids is 3. The Morgan fingerprint density at radius 1 is 0.688 bits per heavy atom. The second-order valence-electron chi connectivity index (χ2n) is 1.59. The Morgan fingerprint density at radius 2 is 0.750 bits per heavy atom. The second kappa shape index (κ2) is 19.6. The van der Waals surface area contributed by atoms with Crippen molar-refractivity contribution in [3.05, 3.63) is 0 Å². The largest absolute Gasteiger partial charge is 3.00 e. The average molecular weight is 347 g/mol. The summed E-state index contributed by atoms with van der Waals surface area (Å²) in [5.74, 6) is -4.32. The van der Waals surface area contributed by atoms with Crippen LogP contribution < -0.4 is 15.3 Å². The monoisotopic (exact) mass is 346 g/mol. The van der Waals surface area contributed by atoms with Gasteiger partial charge < -0.3 is 45.0 Å². The molecule has 0 unspecified atom stereocenters. The van der Waals surface area contributed by atoms with Crippen LogP contribution in [0.15, 0.2) is 0 Å². The summed E-state index contributed by atoms with van der Waals surface area (Å²) in [7, 11) is 0. The smallest absolute Gasteiger partial charge is 0.548 e. The number of carboxylic acids is 3. The molecule has 3 N–H and O–H groups in total. The Hall–Kier alpha value is -0.892. The van der Waals surface area contributed by atoms with Crippen LogP contribution in [0.3, 0.4) is 0 Å². The normalized spacial score (nSPS) is 6.94. The fraction of sp³-hybridized carbons (Fsp3) is 0.500. The van der Waals surface area contributed by atoms with Crippen LogP contribution in [-0.4, -0.2) is 77.5 Å². The van der Waals surface area contributed by atoms with Gasteiger partial charge >= 0.3 is 24.4 Å². The minimum atomic E-state index is -1.44. The molecule has 10 heteroatoms. The van der Waals surface area contributed by atoms with Crippen LogP contribution in [0.1, 0.15) is 0 Å². The van der Waals surface area contributed by atoms with E-state index in [2.05, 4.69) is 0 Å². The summed E-state index contributed by atoms with van der Waals surface area (Å²) in [5.41, 5.74) is 0. The van der Waals surface area contributed by atoms with Gasteiger partial charge in [-0.25, -0.2) is 0 Å². The van der Waals surface area contributed by atoms with Gasteiger partial charge in [-0.3, -0.25) is 0 Å². The van der Waals surface area contributed by atoms with Crippen LogP contribution in [0.25, 0.3) is 0 Å². The molecule has 0 aromatic carbocycles. The third kappa shape index (κ3) is 73.6. The summed E-state index contributed by atoms with van der Waals surface area (Å²) >= 11 is 0. The maximum Gasteiger partial charge on any atom is 3.00 e. The minimum absolute atomic E-state index is 0. The maximum atomic E-state index is 9.01. The van der Waals surface area contributed by atoms with Gasteiger partial charge in [0.1, 0.15) is 0 Å². The van der Waals surface area contributed by atoms with E-state index in [0.717, 1.165) is 0 Å². The van der Waals surface area contributed by atoms with E-state index in [1.54, 1.807) is 0 Å². The third-order valence-electron chi connectivity index (χ3n) is 0.387. The minimum Gasteiger partial charge on any atom is -0.548 e. The number of carboxylic acid groups (broad SMARTS) is 3. The predicted molar refractivity (Wildman–Crippen MR) is 42.0 cm³/mol. The summed E-state index contributed by atoms with van der Waals surface area (Å²) in [4.78, 5) is 27.0. The van der Waals surface area contributed by atoms with Crippen LogP contribution in [-0.2, 0) is 14.4 Å². The average Bonchev–Trinajstić information content (AvgIpc) is 2.19. The molecule has 0 aliphatic carbocycles. The zero-order valence-corrected chi connectivity index (χ0v) is 10.4. The Labute approximate surface area is 107 Å². The first-order chi connectivity index (χ1) is 6.81. The summed E-state index contributed by atoms with van der Waals surface area (Å²) in [6.07, 6.45) is 0. The van der Waals surface area contributed by atoms with E-state index in [1.807, 2.05) is 0 Å². The SMILES string of the molecule is O=C([O-])CO.O=C([O-])CO.O=C([O-])CO.[Sb+3]. The van der Waals surface area contributed by atoms with Gasteiger partial charge in [0.2, 0.25) is 0 Å². The second-order valence-corrected chi connectivity index (χ2v) is 1.59. The first-order valence-corrected chi connectivity index (χ1v) is 3.23. The third-order valence-corrected chi connectivity index (χ3v) is 0.387. The van der Waals surface area contributed by atoms with E-state index < -0.39 is 37.7 Å². The van der Waals surface area contributed by atoms with Crippen LogP contribution in [0.2, 0.25) is 0 Å². The number of carbonyl (C=O) groups is 3. The Kier molecular flexibility index (Phi) is 29.9. The van der Waals surface area contributed by atoms with E-state index in [1.165, 1.54) is 0 Å². The quantitative estimate of drug-likeness (QED) is 0.418. The van der Waals surface area contributed by atoms with Gasteiger partial charge in [-0.15, -0.1) is 0 Å². The van der Waals surface area contributed by atoms with Gasteiger partial charge in [-0.1, -0.05) is 0 Å². The molecule has 0 saturated carbocycles.